The molecule has 0 saturated carbocycles. The Morgan fingerprint density at radius 2 is 2.15 bits per heavy atom. The molecule has 2 amide bonds. The molecule has 0 bridgehead atoms. The van der Waals surface area contributed by atoms with Crippen LogP contribution >= 0.6 is 0 Å². The number of aromatic nitrogens is 4. The Morgan fingerprint density at radius 3 is 2.81 bits per heavy atom. The topological polar surface area (TPSA) is 105 Å². The maximum Gasteiger partial charge on any atom is 0.323 e. The van der Waals surface area contributed by atoms with Gasteiger partial charge in [-0.15, -0.1) is 0 Å². The minimum atomic E-state index is -0.914. The van der Waals surface area contributed by atoms with Gasteiger partial charge < -0.3 is 10.0 Å². The lowest BCUT2D eigenvalue weighted by Gasteiger charge is -2.20. The summed E-state index contributed by atoms with van der Waals surface area (Å²) in [5, 5.41) is 16.5. The zero-order chi connectivity index (χ0) is 19.2. The number of nitrogens with zero attached hydrogens (tertiary/aromatic N) is 5. The first kappa shape index (κ1) is 17.1. The lowest BCUT2D eigenvalue weighted by Crippen LogP contribution is -2.37. The second-order valence-electron chi connectivity index (χ2n) is 7.11. The molecule has 0 radical (unpaired) electrons. The van der Waals surface area contributed by atoms with Crippen LogP contribution in [0.2, 0.25) is 0 Å². The number of carboxylic acid groups (broad SMARTS) is 1. The highest BCUT2D eigenvalue weighted by atomic mass is 16.4. The summed E-state index contributed by atoms with van der Waals surface area (Å²) >= 11 is 0. The summed E-state index contributed by atoms with van der Waals surface area (Å²) in [5.74, 6) is -0.351. The number of hydrogen-bond acceptors (Lipinski definition) is 4. The highest BCUT2D eigenvalue weighted by molar-refractivity contribution is 5.94. The van der Waals surface area contributed by atoms with Crippen LogP contribution < -0.4 is 5.32 Å². The minimum Gasteiger partial charge on any atom is -0.481 e. The van der Waals surface area contributed by atoms with Crippen LogP contribution in [0.5, 0.6) is 0 Å². The van der Waals surface area contributed by atoms with Gasteiger partial charge >= 0.3 is 12.0 Å². The largest absolute Gasteiger partial charge is 0.481 e. The molecule has 3 aromatic rings. The molecule has 2 N–H and O–H groups in total. The van der Waals surface area contributed by atoms with E-state index in [1.165, 1.54) is 4.90 Å². The summed E-state index contributed by atoms with van der Waals surface area (Å²) in [6.07, 6.45) is 5.77. The van der Waals surface area contributed by atoms with E-state index < -0.39 is 11.4 Å². The predicted octanol–water partition coefficient (Wildman–Crippen LogP) is 2.06. The molecule has 3 aromatic heterocycles. The van der Waals surface area contributed by atoms with E-state index in [9.17, 15) is 14.7 Å². The van der Waals surface area contributed by atoms with Gasteiger partial charge in [-0.3, -0.25) is 19.2 Å². The standard InChI is InChI=1S/C18H20N6O3/c1-18(16(25)26)6-8-23(11-18)17(27)21-15-14(12-9-19-22(2)10-12)20-13-5-3-4-7-24(13)15/h3-5,7,9-10H,6,8,11H2,1-2H3,(H,21,27)(H,25,26). The van der Waals surface area contributed by atoms with Crippen molar-refractivity contribution in [1.82, 2.24) is 24.1 Å². The van der Waals surface area contributed by atoms with Crippen LogP contribution in [-0.2, 0) is 11.8 Å². The Labute approximate surface area is 155 Å². The van der Waals surface area contributed by atoms with Gasteiger partial charge in [0.15, 0.2) is 0 Å². The molecule has 27 heavy (non-hydrogen) atoms. The number of carbonyl (C=O) groups is 2. The number of nitrogens with one attached hydrogen (secondary N) is 1. The number of carbonyl (C=O) groups excluding carboxylic acids is 1. The fourth-order valence-electron chi connectivity index (χ4n) is 3.35. The predicted molar refractivity (Wildman–Crippen MR) is 98.3 cm³/mol. The number of rotatable bonds is 3. The Bertz CT molecular complexity index is 1040. The van der Waals surface area contributed by atoms with Crippen molar-refractivity contribution in [3.63, 3.8) is 0 Å². The molecule has 0 aromatic carbocycles. The number of carboxylic acids is 1. The zero-order valence-electron chi connectivity index (χ0n) is 15.1. The first-order chi connectivity index (χ1) is 12.9. The van der Waals surface area contributed by atoms with Crippen molar-refractivity contribution in [3.05, 3.63) is 36.8 Å². The molecule has 0 aliphatic carbocycles. The molecule has 4 heterocycles. The van der Waals surface area contributed by atoms with Crippen molar-refractivity contribution in [2.45, 2.75) is 13.3 Å². The summed E-state index contributed by atoms with van der Waals surface area (Å²) in [5.41, 5.74) is 1.18. The van der Waals surface area contributed by atoms with Gasteiger partial charge in [-0.25, -0.2) is 9.78 Å². The van der Waals surface area contributed by atoms with Crippen molar-refractivity contribution in [3.8, 4) is 11.3 Å². The van der Waals surface area contributed by atoms with E-state index in [2.05, 4.69) is 15.4 Å². The number of aliphatic carboxylic acids is 1. The van der Waals surface area contributed by atoms with Gasteiger partial charge in [-0.05, 0) is 25.5 Å². The number of anilines is 1. The highest BCUT2D eigenvalue weighted by Crippen LogP contribution is 2.32. The van der Waals surface area contributed by atoms with E-state index in [1.807, 2.05) is 37.6 Å². The molecule has 1 atom stereocenters. The van der Waals surface area contributed by atoms with Crippen LogP contribution in [0.1, 0.15) is 13.3 Å². The van der Waals surface area contributed by atoms with Crippen molar-refractivity contribution in [2.24, 2.45) is 12.5 Å². The van der Waals surface area contributed by atoms with Gasteiger partial charge in [0.05, 0.1) is 11.6 Å². The van der Waals surface area contributed by atoms with Crippen LogP contribution in [0.3, 0.4) is 0 Å². The maximum absolute atomic E-state index is 12.8. The zero-order valence-corrected chi connectivity index (χ0v) is 15.1. The fourth-order valence-corrected chi connectivity index (χ4v) is 3.35. The summed E-state index contributed by atoms with van der Waals surface area (Å²) in [6.45, 7) is 2.23. The molecule has 0 spiro atoms. The highest BCUT2D eigenvalue weighted by Gasteiger charge is 2.42. The summed E-state index contributed by atoms with van der Waals surface area (Å²) in [7, 11) is 1.81. The second-order valence-corrected chi connectivity index (χ2v) is 7.11. The first-order valence-corrected chi connectivity index (χ1v) is 8.63. The molecule has 9 heteroatoms. The van der Waals surface area contributed by atoms with Gasteiger partial charge in [0, 0.05) is 38.1 Å². The van der Waals surface area contributed by atoms with E-state index >= 15 is 0 Å². The van der Waals surface area contributed by atoms with Crippen LogP contribution in [0.15, 0.2) is 36.8 Å². The Kier molecular flexibility index (Phi) is 3.87. The Hall–Kier alpha value is -3.36. The summed E-state index contributed by atoms with van der Waals surface area (Å²) in [4.78, 5) is 30.4. The number of aryl methyl sites for hydroxylation is 1. The average Bonchev–Trinajstić information content (AvgIpc) is 3.33. The number of hydrogen-bond donors (Lipinski definition) is 2. The molecule has 140 valence electrons. The third kappa shape index (κ3) is 2.90. The molecule has 4 rings (SSSR count). The maximum atomic E-state index is 12.8. The van der Waals surface area contributed by atoms with E-state index in [0.717, 1.165) is 5.56 Å². The monoisotopic (exact) mass is 368 g/mol. The normalized spacial score (nSPS) is 19.6. The van der Waals surface area contributed by atoms with Crippen LogP contribution in [-0.4, -0.2) is 54.3 Å². The molecule has 9 nitrogen and oxygen atoms in total. The number of amides is 2. The molecule has 1 aliphatic heterocycles. The lowest BCUT2D eigenvalue weighted by molar-refractivity contribution is -0.146. The van der Waals surface area contributed by atoms with Crippen molar-refractivity contribution in [1.29, 1.82) is 0 Å². The molecule has 1 fully saturated rings. The minimum absolute atomic E-state index is 0.174. The van der Waals surface area contributed by atoms with E-state index in [0.29, 0.717) is 30.1 Å². The van der Waals surface area contributed by atoms with Gasteiger partial charge in [0.2, 0.25) is 0 Å². The fraction of sp³-hybridized carbons (Fsp3) is 0.333. The molecule has 1 aliphatic rings. The molecule has 1 saturated heterocycles. The molecule has 1 unspecified atom stereocenters. The van der Waals surface area contributed by atoms with Crippen LogP contribution in [0, 0.1) is 5.41 Å². The van der Waals surface area contributed by atoms with E-state index in [1.54, 1.807) is 22.2 Å². The summed E-state index contributed by atoms with van der Waals surface area (Å²) < 4.78 is 3.47. The van der Waals surface area contributed by atoms with Crippen molar-refractivity contribution >= 4 is 23.5 Å². The van der Waals surface area contributed by atoms with Crippen molar-refractivity contribution in [2.75, 3.05) is 18.4 Å². The molecular formula is C18H20N6O3. The average molecular weight is 368 g/mol. The summed E-state index contributed by atoms with van der Waals surface area (Å²) in [6, 6.07) is 5.25. The second kappa shape index (κ2) is 6.11. The Balaban J connectivity index is 1.67. The number of imidazole rings is 1. The number of pyridine rings is 1. The molecular weight excluding hydrogens is 348 g/mol. The third-order valence-electron chi connectivity index (χ3n) is 5.01. The first-order valence-electron chi connectivity index (χ1n) is 8.63. The van der Waals surface area contributed by atoms with E-state index in [4.69, 9.17) is 0 Å². The quantitative estimate of drug-likeness (QED) is 0.736. The van der Waals surface area contributed by atoms with Gasteiger partial charge in [0.1, 0.15) is 17.2 Å². The SMILES string of the molecule is Cn1cc(-c2nc3ccccn3c2NC(=O)N2CCC(C)(C(=O)O)C2)cn1. The van der Waals surface area contributed by atoms with Gasteiger partial charge in [-0.2, -0.15) is 5.10 Å². The van der Waals surface area contributed by atoms with Gasteiger partial charge in [-0.1, -0.05) is 6.07 Å². The Morgan fingerprint density at radius 1 is 1.33 bits per heavy atom. The van der Waals surface area contributed by atoms with Crippen molar-refractivity contribution < 1.29 is 14.7 Å². The van der Waals surface area contributed by atoms with Crippen LogP contribution in [0.25, 0.3) is 16.9 Å². The third-order valence-corrected chi connectivity index (χ3v) is 5.01. The number of fused-ring (bicyclic) bond motifs is 1. The van der Waals surface area contributed by atoms with E-state index in [-0.39, 0.29) is 12.6 Å². The smallest absolute Gasteiger partial charge is 0.323 e. The van der Waals surface area contributed by atoms with Crippen LogP contribution in [0.4, 0.5) is 10.6 Å². The number of likely N-dealkylation sites (tertiary alicyclic amines) is 1. The lowest BCUT2D eigenvalue weighted by atomic mass is 9.90. The number of urea groups is 1. The van der Waals surface area contributed by atoms with Gasteiger partial charge in [0.25, 0.3) is 0 Å².